The van der Waals surface area contributed by atoms with Gasteiger partial charge >= 0.3 is 0 Å². The van der Waals surface area contributed by atoms with Gasteiger partial charge in [-0.25, -0.2) is 0 Å². The summed E-state index contributed by atoms with van der Waals surface area (Å²) >= 11 is 1.99. The lowest BCUT2D eigenvalue weighted by molar-refractivity contribution is 0.404. The molecule has 1 saturated heterocycles. The van der Waals surface area contributed by atoms with Gasteiger partial charge in [0.15, 0.2) is 0 Å². The second-order valence-electron chi connectivity index (χ2n) is 3.12. The Kier molecular flexibility index (Phi) is 2.85. The van der Waals surface area contributed by atoms with Crippen molar-refractivity contribution >= 4 is 11.8 Å². The fourth-order valence-corrected chi connectivity index (χ4v) is 2.57. The monoisotopic (exact) mass is 199 g/mol. The van der Waals surface area contributed by atoms with E-state index in [0.29, 0.717) is 18.4 Å². The van der Waals surface area contributed by atoms with E-state index in [2.05, 4.69) is 10.2 Å². The van der Waals surface area contributed by atoms with Crippen LogP contribution in [0.4, 0.5) is 0 Å². The molecule has 1 aromatic rings. The van der Waals surface area contributed by atoms with E-state index in [1.807, 2.05) is 11.8 Å². The molecule has 5 heteroatoms. The van der Waals surface area contributed by atoms with Gasteiger partial charge in [-0.2, -0.15) is 11.8 Å². The van der Waals surface area contributed by atoms with Crippen LogP contribution in [0.15, 0.2) is 4.42 Å². The summed E-state index contributed by atoms with van der Waals surface area (Å²) < 4.78 is 5.42. The standard InChI is InChI=1S/C8H13N3OS/c9-5-7-10-11-8(12-7)6-1-3-13-4-2-6/h6H,1-5,9H2. The molecule has 0 atom stereocenters. The number of nitrogens with two attached hydrogens (primary N) is 1. The summed E-state index contributed by atoms with van der Waals surface area (Å²) in [5.74, 6) is 4.19. The number of aromatic nitrogens is 2. The molecule has 13 heavy (non-hydrogen) atoms. The molecule has 4 nitrogen and oxygen atoms in total. The van der Waals surface area contributed by atoms with Gasteiger partial charge in [0.2, 0.25) is 11.8 Å². The van der Waals surface area contributed by atoms with Crippen molar-refractivity contribution < 1.29 is 4.42 Å². The maximum atomic E-state index is 5.42. The van der Waals surface area contributed by atoms with Crippen LogP contribution in [0.5, 0.6) is 0 Å². The summed E-state index contributed by atoms with van der Waals surface area (Å²) in [6.45, 7) is 0.342. The van der Waals surface area contributed by atoms with E-state index in [-0.39, 0.29) is 0 Å². The molecule has 0 unspecified atom stereocenters. The summed E-state index contributed by atoms with van der Waals surface area (Å²) in [7, 11) is 0. The van der Waals surface area contributed by atoms with Crippen molar-refractivity contribution in [1.29, 1.82) is 0 Å². The summed E-state index contributed by atoms with van der Waals surface area (Å²) in [6.07, 6.45) is 2.30. The van der Waals surface area contributed by atoms with E-state index in [4.69, 9.17) is 10.2 Å². The molecular formula is C8H13N3OS. The molecular weight excluding hydrogens is 186 g/mol. The predicted molar refractivity (Wildman–Crippen MR) is 51.5 cm³/mol. The first kappa shape index (κ1) is 9.02. The second-order valence-corrected chi connectivity index (χ2v) is 4.35. The Labute approximate surface area is 81.3 Å². The second kappa shape index (κ2) is 4.11. The number of hydrogen-bond donors (Lipinski definition) is 1. The van der Waals surface area contributed by atoms with Crippen molar-refractivity contribution in [1.82, 2.24) is 10.2 Å². The Morgan fingerprint density at radius 2 is 2.15 bits per heavy atom. The Bertz CT molecular complexity index is 270. The molecule has 2 rings (SSSR count). The van der Waals surface area contributed by atoms with Crippen LogP contribution >= 0.6 is 11.8 Å². The fraction of sp³-hybridized carbons (Fsp3) is 0.750. The Morgan fingerprint density at radius 1 is 1.38 bits per heavy atom. The molecule has 0 radical (unpaired) electrons. The normalized spacial score (nSPS) is 19.2. The first-order valence-electron chi connectivity index (χ1n) is 4.50. The van der Waals surface area contributed by atoms with Crippen molar-refractivity contribution in [3.63, 3.8) is 0 Å². The number of thioether (sulfide) groups is 1. The summed E-state index contributed by atoms with van der Waals surface area (Å²) in [5, 5.41) is 7.87. The molecule has 0 bridgehead atoms. The first-order chi connectivity index (χ1) is 6.40. The zero-order valence-electron chi connectivity index (χ0n) is 7.40. The van der Waals surface area contributed by atoms with E-state index >= 15 is 0 Å². The van der Waals surface area contributed by atoms with E-state index in [9.17, 15) is 0 Å². The van der Waals surface area contributed by atoms with Crippen LogP contribution in [-0.2, 0) is 6.54 Å². The smallest absolute Gasteiger partial charge is 0.230 e. The third-order valence-corrected chi connectivity index (χ3v) is 3.28. The van der Waals surface area contributed by atoms with E-state index < -0.39 is 0 Å². The molecule has 1 fully saturated rings. The average Bonchev–Trinajstić information content (AvgIpc) is 2.67. The molecule has 0 aromatic carbocycles. The number of hydrogen-bond acceptors (Lipinski definition) is 5. The lowest BCUT2D eigenvalue weighted by Crippen LogP contribution is -2.08. The number of rotatable bonds is 2. The highest BCUT2D eigenvalue weighted by atomic mass is 32.2. The van der Waals surface area contributed by atoms with Crippen molar-refractivity contribution in [3.8, 4) is 0 Å². The Balaban J connectivity index is 2.05. The Hall–Kier alpha value is -0.550. The lowest BCUT2D eigenvalue weighted by Gasteiger charge is -2.17. The summed E-state index contributed by atoms with van der Waals surface area (Å²) in [5.41, 5.74) is 5.39. The van der Waals surface area contributed by atoms with Crippen LogP contribution < -0.4 is 5.73 Å². The van der Waals surface area contributed by atoms with Gasteiger partial charge in [-0.05, 0) is 24.3 Å². The zero-order valence-corrected chi connectivity index (χ0v) is 8.22. The van der Waals surface area contributed by atoms with Crippen molar-refractivity contribution in [2.75, 3.05) is 11.5 Å². The quantitative estimate of drug-likeness (QED) is 0.773. The first-order valence-corrected chi connectivity index (χ1v) is 5.65. The molecule has 72 valence electrons. The molecule has 1 aromatic heterocycles. The van der Waals surface area contributed by atoms with Crippen LogP contribution in [0.2, 0.25) is 0 Å². The van der Waals surface area contributed by atoms with Crippen molar-refractivity contribution in [2.45, 2.75) is 25.3 Å². The van der Waals surface area contributed by atoms with Crippen molar-refractivity contribution in [3.05, 3.63) is 11.8 Å². The highest BCUT2D eigenvalue weighted by molar-refractivity contribution is 7.99. The number of nitrogens with zero attached hydrogens (tertiary/aromatic N) is 2. The van der Waals surface area contributed by atoms with Crippen LogP contribution in [-0.4, -0.2) is 21.7 Å². The van der Waals surface area contributed by atoms with Gasteiger partial charge in [0.05, 0.1) is 6.54 Å². The highest BCUT2D eigenvalue weighted by Crippen LogP contribution is 2.30. The third-order valence-electron chi connectivity index (χ3n) is 2.23. The summed E-state index contributed by atoms with van der Waals surface area (Å²) in [4.78, 5) is 0. The lowest BCUT2D eigenvalue weighted by atomic mass is 10.0. The van der Waals surface area contributed by atoms with Gasteiger partial charge in [-0.1, -0.05) is 0 Å². The van der Waals surface area contributed by atoms with E-state index in [1.165, 1.54) is 11.5 Å². The zero-order chi connectivity index (χ0) is 9.10. The van der Waals surface area contributed by atoms with Crippen molar-refractivity contribution in [2.24, 2.45) is 5.73 Å². The summed E-state index contributed by atoms with van der Waals surface area (Å²) in [6, 6.07) is 0. The molecule has 0 saturated carbocycles. The minimum absolute atomic E-state index is 0.342. The minimum atomic E-state index is 0.342. The Morgan fingerprint density at radius 3 is 2.77 bits per heavy atom. The predicted octanol–water partition coefficient (Wildman–Crippen LogP) is 1.14. The van der Waals surface area contributed by atoms with Gasteiger partial charge in [-0.15, -0.1) is 10.2 Å². The molecule has 0 amide bonds. The van der Waals surface area contributed by atoms with E-state index in [1.54, 1.807) is 0 Å². The topological polar surface area (TPSA) is 64.9 Å². The molecule has 0 spiro atoms. The van der Waals surface area contributed by atoms with Gasteiger partial charge in [0, 0.05) is 5.92 Å². The minimum Gasteiger partial charge on any atom is -0.424 e. The van der Waals surface area contributed by atoms with Gasteiger partial charge in [0.1, 0.15) is 0 Å². The highest BCUT2D eigenvalue weighted by Gasteiger charge is 2.20. The maximum Gasteiger partial charge on any atom is 0.230 e. The van der Waals surface area contributed by atoms with Crippen LogP contribution in [0, 0.1) is 0 Å². The SMILES string of the molecule is NCc1nnc(C2CCSCC2)o1. The third kappa shape index (κ3) is 2.03. The molecule has 0 aliphatic carbocycles. The van der Waals surface area contributed by atoms with Gasteiger partial charge < -0.3 is 10.2 Å². The van der Waals surface area contributed by atoms with Crippen LogP contribution in [0.1, 0.15) is 30.5 Å². The average molecular weight is 199 g/mol. The maximum absolute atomic E-state index is 5.42. The largest absolute Gasteiger partial charge is 0.424 e. The van der Waals surface area contributed by atoms with Crippen LogP contribution in [0.3, 0.4) is 0 Å². The molecule has 1 aliphatic rings. The van der Waals surface area contributed by atoms with Gasteiger partial charge in [-0.3, -0.25) is 0 Å². The molecule has 1 aliphatic heterocycles. The van der Waals surface area contributed by atoms with Crippen LogP contribution in [0.25, 0.3) is 0 Å². The van der Waals surface area contributed by atoms with Gasteiger partial charge in [0.25, 0.3) is 0 Å². The van der Waals surface area contributed by atoms with E-state index in [0.717, 1.165) is 18.7 Å². The molecule has 2 heterocycles. The molecule has 2 N–H and O–H groups in total. The fourth-order valence-electron chi connectivity index (χ4n) is 1.46.